The topological polar surface area (TPSA) is 57.1 Å². The van der Waals surface area contributed by atoms with Gasteiger partial charge in [-0.15, -0.1) is 11.6 Å². The van der Waals surface area contributed by atoms with Gasteiger partial charge in [-0.25, -0.2) is 4.79 Å². The minimum Gasteiger partial charge on any atom is -0.493 e. The Bertz CT molecular complexity index is 1890. The molecule has 0 saturated carbocycles. The maximum absolute atomic E-state index is 14.5. The SMILES string of the molecule is COc1ccc(C[C@H](N=C(c2ccccc2)c2ccccc2)C(=O)OC(c2ccccc2)c2ccccc2)cc1Oc1ccc(CCl)cc1. The van der Waals surface area contributed by atoms with E-state index in [1.165, 1.54) is 0 Å². The van der Waals surface area contributed by atoms with E-state index in [1.807, 2.05) is 164 Å². The number of carbonyl (C=O) groups is 1. The number of alkyl halides is 1. The van der Waals surface area contributed by atoms with Crippen LogP contribution in [0.2, 0.25) is 0 Å². The minimum absolute atomic E-state index is 0.254. The summed E-state index contributed by atoms with van der Waals surface area (Å²) in [5.74, 6) is 1.70. The summed E-state index contributed by atoms with van der Waals surface area (Å²) >= 11 is 5.99. The van der Waals surface area contributed by atoms with E-state index in [0.717, 1.165) is 33.4 Å². The van der Waals surface area contributed by atoms with Crippen LogP contribution in [0.15, 0.2) is 169 Å². The molecule has 0 heterocycles. The van der Waals surface area contributed by atoms with Crippen molar-refractivity contribution >= 4 is 23.3 Å². The fourth-order valence-electron chi connectivity index (χ4n) is 5.55. The van der Waals surface area contributed by atoms with E-state index in [0.29, 0.717) is 28.8 Å². The van der Waals surface area contributed by atoms with Crippen LogP contribution < -0.4 is 9.47 Å². The number of benzene rings is 6. The number of ether oxygens (including phenoxy) is 3. The lowest BCUT2D eigenvalue weighted by Gasteiger charge is -2.22. The zero-order valence-corrected chi connectivity index (χ0v) is 27.9. The number of halogens is 1. The molecule has 0 aliphatic rings. The molecule has 6 aromatic rings. The average Bonchev–Trinajstić information content (AvgIpc) is 3.17. The van der Waals surface area contributed by atoms with Crippen LogP contribution in [0, 0.1) is 0 Å². The van der Waals surface area contributed by atoms with Crippen molar-refractivity contribution in [2.24, 2.45) is 4.99 Å². The molecule has 5 nitrogen and oxygen atoms in total. The van der Waals surface area contributed by atoms with Crippen molar-refractivity contribution < 1.29 is 19.0 Å². The van der Waals surface area contributed by atoms with Crippen molar-refractivity contribution in [3.05, 3.63) is 197 Å². The molecule has 49 heavy (non-hydrogen) atoms. The van der Waals surface area contributed by atoms with E-state index in [4.69, 9.17) is 30.8 Å². The van der Waals surface area contributed by atoms with E-state index < -0.39 is 18.1 Å². The molecule has 0 bridgehead atoms. The van der Waals surface area contributed by atoms with Gasteiger partial charge in [-0.05, 0) is 46.5 Å². The second kappa shape index (κ2) is 16.4. The number of hydrogen-bond acceptors (Lipinski definition) is 5. The zero-order chi connectivity index (χ0) is 33.8. The van der Waals surface area contributed by atoms with Gasteiger partial charge in [0.2, 0.25) is 0 Å². The molecule has 6 aromatic carbocycles. The van der Waals surface area contributed by atoms with Crippen molar-refractivity contribution in [3.8, 4) is 17.2 Å². The van der Waals surface area contributed by atoms with Gasteiger partial charge in [0, 0.05) is 23.4 Å². The van der Waals surface area contributed by atoms with Crippen molar-refractivity contribution in [1.29, 1.82) is 0 Å². The molecule has 0 radical (unpaired) electrons. The Hall–Kier alpha value is -5.65. The van der Waals surface area contributed by atoms with Crippen LogP contribution in [0.5, 0.6) is 17.2 Å². The quantitative estimate of drug-likeness (QED) is 0.0700. The van der Waals surface area contributed by atoms with Crippen LogP contribution in [-0.2, 0) is 21.8 Å². The van der Waals surface area contributed by atoms with Crippen LogP contribution in [0.1, 0.15) is 39.5 Å². The Balaban J connectivity index is 1.41. The van der Waals surface area contributed by atoms with Gasteiger partial charge in [0.25, 0.3) is 0 Å². The number of aliphatic imine (C=N–C) groups is 1. The molecule has 0 aromatic heterocycles. The summed E-state index contributed by atoms with van der Waals surface area (Å²) in [7, 11) is 1.60. The highest BCUT2D eigenvalue weighted by Crippen LogP contribution is 2.34. The summed E-state index contributed by atoms with van der Waals surface area (Å²) in [6.45, 7) is 0. The number of nitrogens with zero attached hydrogens (tertiary/aromatic N) is 1. The van der Waals surface area contributed by atoms with Crippen molar-refractivity contribution in [2.45, 2.75) is 24.4 Å². The van der Waals surface area contributed by atoms with Crippen LogP contribution >= 0.6 is 11.6 Å². The van der Waals surface area contributed by atoms with Gasteiger partial charge < -0.3 is 14.2 Å². The smallest absolute Gasteiger partial charge is 0.332 e. The van der Waals surface area contributed by atoms with Crippen molar-refractivity contribution in [2.75, 3.05) is 7.11 Å². The third kappa shape index (κ3) is 8.64. The summed E-state index contributed by atoms with van der Waals surface area (Å²) in [5, 5.41) is 0. The normalized spacial score (nSPS) is 11.4. The third-order valence-corrected chi connectivity index (χ3v) is 8.36. The number of rotatable bonds is 13. The second-order valence-corrected chi connectivity index (χ2v) is 11.7. The maximum atomic E-state index is 14.5. The van der Waals surface area contributed by atoms with E-state index >= 15 is 0 Å². The first-order chi connectivity index (χ1) is 24.1. The Kier molecular flexibility index (Phi) is 11.2. The molecule has 0 saturated heterocycles. The number of carbonyl (C=O) groups excluding carboxylic acids is 1. The zero-order valence-electron chi connectivity index (χ0n) is 27.1. The van der Waals surface area contributed by atoms with Gasteiger partial charge in [0.15, 0.2) is 23.6 Å². The Morgan fingerprint density at radius 3 is 1.65 bits per heavy atom. The summed E-state index contributed by atoms with van der Waals surface area (Å²) < 4.78 is 18.3. The maximum Gasteiger partial charge on any atom is 0.332 e. The first-order valence-electron chi connectivity index (χ1n) is 16.1. The molecule has 244 valence electrons. The van der Waals surface area contributed by atoms with Gasteiger partial charge >= 0.3 is 5.97 Å². The minimum atomic E-state index is -0.894. The van der Waals surface area contributed by atoms with Gasteiger partial charge in [0.05, 0.1) is 12.8 Å². The fourth-order valence-corrected chi connectivity index (χ4v) is 5.73. The van der Waals surface area contributed by atoms with Crippen molar-refractivity contribution in [3.63, 3.8) is 0 Å². The number of methoxy groups -OCH3 is 1. The van der Waals surface area contributed by atoms with Gasteiger partial charge in [-0.2, -0.15) is 0 Å². The molecule has 6 rings (SSSR count). The summed E-state index contributed by atoms with van der Waals surface area (Å²) in [5.41, 5.74) is 6.05. The lowest BCUT2D eigenvalue weighted by Crippen LogP contribution is -2.28. The number of hydrogen-bond donors (Lipinski definition) is 0. The van der Waals surface area contributed by atoms with Crippen LogP contribution in [0.4, 0.5) is 0 Å². The summed E-state index contributed by atoms with van der Waals surface area (Å²) in [4.78, 5) is 19.7. The highest BCUT2D eigenvalue weighted by molar-refractivity contribution is 6.17. The molecule has 6 heteroatoms. The second-order valence-electron chi connectivity index (χ2n) is 11.4. The largest absolute Gasteiger partial charge is 0.493 e. The van der Waals surface area contributed by atoms with Crippen LogP contribution in [0.25, 0.3) is 0 Å². The lowest BCUT2D eigenvalue weighted by atomic mass is 9.99. The molecule has 0 spiro atoms. The number of esters is 1. The molecule has 0 amide bonds. The predicted molar refractivity (Wildman–Crippen MR) is 196 cm³/mol. The fraction of sp³-hybridized carbons (Fsp3) is 0.116. The third-order valence-electron chi connectivity index (χ3n) is 8.05. The molecule has 0 unspecified atom stereocenters. The molecule has 0 aliphatic carbocycles. The molecular weight excluding hydrogens is 630 g/mol. The molecule has 1 atom stereocenters. The Morgan fingerprint density at radius 1 is 0.633 bits per heavy atom. The highest BCUT2D eigenvalue weighted by Gasteiger charge is 2.27. The standard InChI is InChI=1S/C43H36ClNO4/c1-47-39-27-24-32(29-40(39)48-37-25-22-31(30-44)23-26-37)28-38(45-41(33-14-6-2-7-15-33)34-16-8-3-9-17-34)43(46)49-42(35-18-10-4-11-19-35)36-20-12-5-13-21-36/h2-27,29,38,42H,28,30H2,1H3/t38-/m0/s1. The first-order valence-corrected chi connectivity index (χ1v) is 16.6. The van der Waals surface area contributed by atoms with E-state index in [1.54, 1.807) is 7.11 Å². The predicted octanol–water partition coefficient (Wildman–Crippen LogP) is 10.0. The molecule has 0 aliphatic heterocycles. The van der Waals surface area contributed by atoms with Gasteiger partial charge in [-0.3, -0.25) is 4.99 Å². The first kappa shape index (κ1) is 33.3. The average molecular weight is 666 g/mol. The van der Waals surface area contributed by atoms with Gasteiger partial charge in [-0.1, -0.05) is 140 Å². The molecule has 0 N–H and O–H groups in total. The molecular formula is C43H36ClNO4. The lowest BCUT2D eigenvalue weighted by molar-refractivity contribution is -0.149. The van der Waals surface area contributed by atoms with Gasteiger partial charge in [0.1, 0.15) is 5.75 Å². The summed E-state index contributed by atoms with van der Waals surface area (Å²) in [6, 6.07) is 51.7. The van der Waals surface area contributed by atoms with E-state index in [-0.39, 0.29) is 6.42 Å². The van der Waals surface area contributed by atoms with Crippen LogP contribution in [0.3, 0.4) is 0 Å². The van der Waals surface area contributed by atoms with E-state index in [9.17, 15) is 4.79 Å². The summed E-state index contributed by atoms with van der Waals surface area (Å²) in [6.07, 6.45) is -0.362. The highest BCUT2D eigenvalue weighted by atomic mass is 35.5. The van der Waals surface area contributed by atoms with Crippen LogP contribution in [-0.4, -0.2) is 24.8 Å². The van der Waals surface area contributed by atoms with E-state index in [2.05, 4.69) is 0 Å². The monoisotopic (exact) mass is 665 g/mol. The Labute approximate surface area is 292 Å². The van der Waals surface area contributed by atoms with Crippen molar-refractivity contribution in [1.82, 2.24) is 0 Å². The molecule has 0 fully saturated rings. The Morgan fingerprint density at radius 2 is 1.14 bits per heavy atom.